The first-order valence-electron chi connectivity index (χ1n) is 9.72. The summed E-state index contributed by atoms with van der Waals surface area (Å²) in [7, 11) is 3.17. The van der Waals surface area contributed by atoms with Crippen LogP contribution in [0.1, 0.15) is 0 Å². The third-order valence-electron chi connectivity index (χ3n) is 4.78. The van der Waals surface area contributed by atoms with E-state index < -0.39 is 0 Å². The lowest BCUT2D eigenvalue weighted by atomic mass is 10.0. The maximum Gasteiger partial charge on any atom is 0.248 e. The van der Waals surface area contributed by atoms with Gasteiger partial charge in [-0.2, -0.15) is 0 Å². The molecule has 0 saturated heterocycles. The van der Waals surface area contributed by atoms with Crippen LogP contribution in [0.2, 0.25) is 0 Å². The highest BCUT2D eigenvalue weighted by molar-refractivity contribution is 6.00. The summed E-state index contributed by atoms with van der Waals surface area (Å²) in [6.45, 7) is 0.391. The molecule has 3 heterocycles. The summed E-state index contributed by atoms with van der Waals surface area (Å²) in [6.07, 6.45) is 8.64. The number of anilines is 1. The second-order valence-electron chi connectivity index (χ2n) is 6.84. The summed E-state index contributed by atoms with van der Waals surface area (Å²) in [6, 6.07) is 13.5. The number of H-pyrrole nitrogens is 1. The molecular formula is C24H22N4O3. The van der Waals surface area contributed by atoms with Crippen molar-refractivity contribution in [3.8, 4) is 28.1 Å². The van der Waals surface area contributed by atoms with Crippen LogP contribution in [-0.2, 0) is 9.53 Å². The number of methoxy groups -OCH3 is 2. The number of fused-ring (bicyclic) bond motifs is 1. The molecule has 31 heavy (non-hydrogen) atoms. The average Bonchev–Trinajstić information content (AvgIpc) is 3.23. The van der Waals surface area contributed by atoms with E-state index in [-0.39, 0.29) is 5.91 Å². The number of aromatic amines is 1. The Hall–Kier alpha value is -3.97. The van der Waals surface area contributed by atoms with Gasteiger partial charge in [-0.3, -0.25) is 4.79 Å². The van der Waals surface area contributed by atoms with Gasteiger partial charge in [0.15, 0.2) is 0 Å². The number of aromatic nitrogens is 3. The minimum Gasteiger partial charge on any atom is -0.481 e. The van der Waals surface area contributed by atoms with Crippen molar-refractivity contribution in [3.05, 3.63) is 73.2 Å². The predicted molar refractivity (Wildman–Crippen MR) is 121 cm³/mol. The van der Waals surface area contributed by atoms with Crippen LogP contribution in [0.3, 0.4) is 0 Å². The number of carbonyl (C=O) groups is 1. The first-order valence-corrected chi connectivity index (χ1v) is 9.72. The molecule has 0 atom stereocenters. The van der Waals surface area contributed by atoms with E-state index >= 15 is 0 Å². The molecule has 7 nitrogen and oxygen atoms in total. The number of nitrogens with one attached hydrogen (secondary N) is 2. The zero-order valence-corrected chi connectivity index (χ0v) is 17.3. The Morgan fingerprint density at radius 1 is 1.06 bits per heavy atom. The zero-order valence-electron chi connectivity index (χ0n) is 17.3. The van der Waals surface area contributed by atoms with Crippen LogP contribution in [0.15, 0.2) is 73.2 Å². The first kappa shape index (κ1) is 20.3. The highest BCUT2D eigenvalue weighted by Gasteiger charge is 2.10. The first-order chi connectivity index (χ1) is 15.2. The number of pyridine rings is 2. The lowest BCUT2D eigenvalue weighted by molar-refractivity contribution is -0.111. The summed E-state index contributed by atoms with van der Waals surface area (Å²) >= 11 is 0. The van der Waals surface area contributed by atoms with E-state index in [1.54, 1.807) is 26.5 Å². The van der Waals surface area contributed by atoms with E-state index in [0.717, 1.165) is 33.3 Å². The van der Waals surface area contributed by atoms with E-state index in [9.17, 15) is 4.79 Å². The van der Waals surface area contributed by atoms with Gasteiger partial charge in [0.25, 0.3) is 0 Å². The lowest BCUT2D eigenvalue weighted by Gasteiger charge is -2.07. The number of carbonyl (C=O) groups excluding carboxylic acids is 1. The van der Waals surface area contributed by atoms with Crippen LogP contribution in [0.4, 0.5) is 5.69 Å². The quantitative estimate of drug-likeness (QED) is 0.437. The number of rotatable bonds is 7. The average molecular weight is 414 g/mol. The normalized spacial score (nSPS) is 11.2. The summed E-state index contributed by atoms with van der Waals surface area (Å²) in [5, 5.41) is 3.85. The smallest absolute Gasteiger partial charge is 0.248 e. The van der Waals surface area contributed by atoms with Crippen LogP contribution in [0.25, 0.3) is 33.3 Å². The van der Waals surface area contributed by atoms with E-state index in [1.807, 2.05) is 48.8 Å². The fraction of sp³-hybridized carbons (Fsp3) is 0.125. The zero-order chi connectivity index (χ0) is 21.6. The Balaban J connectivity index is 1.63. The van der Waals surface area contributed by atoms with Crippen LogP contribution in [0, 0.1) is 0 Å². The fourth-order valence-corrected chi connectivity index (χ4v) is 3.27. The van der Waals surface area contributed by atoms with Crippen LogP contribution >= 0.6 is 0 Å². The molecule has 0 aliphatic carbocycles. The maximum absolute atomic E-state index is 12.0. The van der Waals surface area contributed by atoms with Crippen molar-refractivity contribution in [2.24, 2.45) is 0 Å². The third kappa shape index (κ3) is 4.62. The largest absolute Gasteiger partial charge is 0.481 e. The Morgan fingerprint density at radius 3 is 2.71 bits per heavy atom. The summed E-state index contributed by atoms with van der Waals surface area (Å²) in [5.74, 6) is 0.362. The Labute approximate surface area is 179 Å². The molecule has 7 heteroatoms. The van der Waals surface area contributed by atoms with Gasteiger partial charge in [0, 0.05) is 65.6 Å². The Kier molecular flexibility index (Phi) is 6.05. The van der Waals surface area contributed by atoms with Gasteiger partial charge in [0.05, 0.1) is 13.7 Å². The van der Waals surface area contributed by atoms with E-state index in [1.165, 1.54) is 6.08 Å². The van der Waals surface area contributed by atoms with Gasteiger partial charge in [0.2, 0.25) is 11.8 Å². The molecule has 0 unspecified atom stereocenters. The van der Waals surface area contributed by atoms with Crippen LogP contribution < -0.4 is 10.1 Å². The van der Waals surface area contributed by atoms with E-state index in [4.69, 9.17) is 9.47 Å². The number of benzene rings is 1. The number of amides is 1. The number of hydrogen-bond acceptors (Lipinski definition) is 5. The number of nitrogens with zero attached hydrogens (tertiary/aromatic N) is 2. The van der Waals surface area contributed by atoms with Crippen molar-refractivity contribution in [2.45, 2.75) is 0 Å². The molecule has 0 radical (unpaired) electrons. The molecule has 1 amide bonds. The van der Waals surface area contributed by atoms with Gasteiger partial charge in [-0.1, -0.05) is 18.2 Å². The molecular weight excluding hydrogens is 392 g/mol. The molecule has 4 rings (SSSR count). The van der Waals surface area contributed by atoms with Gasteiger partial charge in [-0.15, -0.1) is 0 Å². The summed E-state index contributed by atoms with van der Waals surface area (Å²) in [4.78, 5) is 24.1. The standard InChI is InChI=1S/C24H22N4O3/c1-30-10-4-7-22(29)28-19-6-3-5-16(11-19)18-12-20-21(15-27-24(20)26-14-18)17-8-9-23(31-2)25-13-17/h3-9,11-15H,10H2,1-2H3,(H,26,27)(H,28,29). The molecule has 2 N–H and O–H groups in total. The highest BCUT2D eigenvalue weighted by Crippen LogP contribution is 2.31. The predicted octanol–water partition coefficient (Wildman–Crippen LogP) is 4.44. The molecule has 0 spiro atoms. The minimum atomic E-state index is -0.206. The van der Waals surface area contributed by atoms with Crippen molar-refractivity contribution < 1.29 is 14.3 Å². The third-order valence-corrected chi connectivity index (χ3v) is 4.78. The summed E-state index contributed by atoms with van der Waals surface area (Å²) in [5.41, 5.74) is 5.37. The van der Waals surface area contributed by atoms with Crippen LogP contribution in [-0.4, -0.2) is 41.7 Å². The van der Waals surface area contributed by atoms with E-state index in [2.05, 4.69) is 26.3 Å². The second kappa shape index (κ2) is 9.23. The van der Waals surface area contributed by atoms with E-state index in [0.29, 0.717) is 18.2 Å². The molecule has 0 aliphatic rings. The van der Waals surface area contributed by atoms with Crippen molar-refractivity contribution in [2.75, 3.05) is 26.1 Å². The monoisotopic (exact) mass is 414 g/mol. The molecule has 0 fully saturated rings. The highest BCUT2D eigenvalue weighted by atomic mass is 16.5. The molecule has 1 aromatic carbocycles. The maximum atomic E-state index is 12.0. The molecule has 3 aromatic heterocycles. The summed E-state index contributed by atoms with van der Waals surface area (Å²) < 4.78 is 10.1. The molecule has 0 bridgehead atoms. The fourth-order valence-electron chi connectivity index (χ4n) is 3.27. The lowest BCUT2D eigenvalue weighted by Crippen LogP contribution is -2.08. The Morgan fingerprint density at radius 2 is 1.94 bits per heavy atom. The topological polar surface area (TPSA) is 89.1 Å². The van der Waals surface area contributed by atoms with Gasteiger partial charge in [-0.05, 0) is 29.8 Å². The van der Waals surface area contributed by atoms with Gasteiger partial charge in [0.1, 0.15) is 5.65 Å². The Bertz CT molecular complexity index is 1230. The SMILES string of the molecule is COCC=CC(=O)Nc1cccc(-c2cnc3[nH]cc(-c4ccc(OC)nc4)c3c2)c1. The molecule has 0 saturated carbocycles. The molecule has 156 valence electrons. The van der Waals surface area contributed by atoms with Crippen molar-refractivity contribution in [1.29, 1.82) is 0 Å². The number of hydrogen-bond donors (Lipinski definition) is 2. The molecule has 4 aromatic rings. The second-order valence-corrected chi connectivity index (χ2v) is 6.84. The molecule has 0 aliphatic heterocycles. The van der Waals surface area contributed by atoms with Crippen molar-refractivity contribution in [3.63, 3.8) is 0 Å². The van der Waals surface area contributed by atoms with Crippen LogP contribution in [0.5, 0.6) is 5.88 Å². The minimum absolute atomic E-state index is 0.206. The number of ether oxygens (including phenoxy) is 2. The van der Waals surface area contributed by atoms with Crippen molar-refractivity contribution >= 4 is 22.6 Å². The van der Waals surface area contributed by atoms with Gasteiger partial charge in [-0.25, -0.2) is 9.97 Å². The van der Waals surface area contributed by atoms with Crippen molar-refractivity contribution in [1.82, 2.24) is 15.0 Å². The van der Waals surface area contributed by atoms with Gasteiger partial charge >= 0.3 is 0 Å². The van der Waals surface area contributed by atoms with Gasteiger partial charge < -0.3 is 19.8 Å².